The molecule has 1 aromatic heterocycles. The average molecular weight is 343 g/mol. The van der Waals surface area contributed by atoms with Gasteiger partial charge in [-0.3, -0.25) is 14.8 Å². The van der Waals surface area contributed by atoms with Crippen LogP contribution in [0, 0.1) is 0 Å². The second kappa shape index (κ2) is 5.49. The van der Waals surface area contributed by atoms with Crippen molar-refractivity contribution in [1.82, 2.24) is 9.97 Å². The Balaban J connectivity index is 1.87. The van der Waals surface area contributed by atoms with Crippen molar-refractivity contribution in [3.8, 4) is 0 Å². The topological polar surface area (TPSA) is 80.9 Å². The van der Waals surface area contributed by atoms with E-state index in [9.17, 15) is 4.79 Å². The number of aromatic nitrogens is 2. The molecule has 0 bridgehead atoms. The molecule has 0 saturated heterocycles. The van der Waals surface area contributed by atoms with Crippen LogP contribution >= 0.6 is 15.9 Å². The smallest absolute Gasteiger partial charge is 0.255 e. The first-order valence-corrected chi connectivity index (χ1v) is 7.00. The van der Waals surface area contributed by atoms with E-state index in [0.717, 1.165) is 15.5 Å². The predicted octanol–water partition coefficient (Wildman–Crippen LogP) is 3.23. The largest absolute Gasteiger partial charge is 0.398 e. The number of amides is 1. The third-order valence-electron chi connectivity index (χ3n) is 2.99. The molecule has 21 heavy (non-hydrogen) atoms. The van der Waals surface area contributed by atoms with Gasteiger partial charge in [-0.15, -0.1) is 0 Å². The third kappa shape index (κ3) is 2.85. The number of nitrogen functional groups attached to an aromatic ring is 1. The standard InChI is InChI=1S/C15H11BrN4O/c16-11-3-1-9(7-12(11)17)15(21)20-10-2-4-13-14(8-10)19-6-5-18-13/h1-8H,17H2,(H,20,21). The Labute approximate surface area is 129 Å². The maximum absolute atomic E-state index is 12.2. The number of hydrogen-bond acceptors (Lipinski definition) is 4. The van der Waals surface area contributed by atoms with E-state index in [2.05, 4.69) is 31.2 Å². The Morgan fingerprint density at radius 3 is 2.57 bits per heavy atom. The molecule has 0 saturated carbocycles. The lowest BCUT2D eigenvalue weighted by Crippen LogP contribution is -2.12. The molecule has 0 aliphatic rings. The fourth-order valence-electron chi connectivity index (χ4n) is 1.93. The summed E-state index contributed by atoms with van der Waals surface area (Å²) in [6.07, 6.45) is 3.24. The van der Waals surface area contributed by atoms with Crippen molar-refractivity contribution in [2.75, 3.05) is 11.1 Å². The van der Waals surface area contributed by atoms with Crippen LogP contribution in [0.15, 0.2) is 53.3 Å². The van der Waals surface area contributed by atoms with Crippen molar-refractivity contribution in [2.24, 2.45) is 0 Å². The van der Waals surface area contributed by atoms with E-state index in [0.29, 0.717) is 16.9 Å². The van der Waals surface area contributed by atoms with Crippen LogP contribution in [-0.4, -0.2) is 15.9 Å². The molecular formula is C15H11BrN4O. The lowest BCUT2D eigenvalue weighted by molar-refractivity contribution is 0.102. The lowest BCUT2D eigenvalue weighted by atomic mass is 10.2. The number of nitrogens with zero attached hydrogens (tertiary/aromatic N) is 2. The molecule has 3 aromatic rings. The van der Waals surface area contributed by atoms with Crippen LogP contribution in [0.25, 0.3) is 11.0 Å². The van der Waals surface area contributed by atoms with Crippen molar-refractivity contribution in [2.45, 2.75) is 0 Å². The van der Waals surface area contributed by atoms with Gasteiger partial charge in [-0.05, 0) is 52.3 Å². The van der Waals surface area contributed by atoms with Crippen molar-refractivity contribution in [1.29, 1.82) is 0 Å². The van der Waals surface area contributed by atoms with Crippen LogP contribution in [0.5, 0.6) is 0 Å². The molecule has 3 rings (SSSR count). The quantitative estimate of drug-likeness (QED) is 0.700. The van der Waals surface area contributed by atoms with Gasteiger partial charge in [0.15, 0.2) is 0 Å². The van der Waals surface area contributed by atoms with Crippen LogP contribution in [0.2, 0.25) is 0 Å². The van der Waals surface area contributed by atoms with Gasteiger partial charge in [-0.1, -0.05) is 0 Å². The summed E-state index contributed by atoms with van der Waals surface area (Å²) in [5, 5.41) is 2.82. The molecule has 0 atom stereocenters. The Kier molecular flexibility index (Phi) is 3.53. The molecular weight excluding hydrogens is 332 g/mol. The summed E-state index contributed by atoms with van der Waals surface area (Å²) in [7, 11) is 0. The van der Waals surface area contributed by atoms with E-state index >= 15 is 0 Å². The van der Waals surface area contributed by atoms with Crippen LogP contribution < -0.4 is 11.1 Å². The van der Waals surface area contributed by atoms with E-state index < -0.39 is 0 Å². The molecule has 0 unspecified atom stereocenters. The molecule has 104 valence electrons. The molecule has 6 heteroatoms. The molecule has 0 aliphatic heterocycles. The number of anilines is 2. The molecule has 2 aromatic carbocycles. The molecule has 0 spiro atoms. The Bertz CT molecular complexity index is 835. The van der Waals surface area contributed by atoms with Crippen molar-refractivity contribution < 1.29 is 4.79 Å². The fourth-order valence-corrected chi connectivity index (χ4v) is 2.18. The van der Waals surface area contributed by atoms with Gasteiger partial charge in [-0.25, -0.2) is 0 Å². The molecule has 5 nitrogen and oxygen atoms in total. The van der Waals surface area contributed by atoms with Gasteiger partial charge in [0.1, 0.15) is 0 Å². The second-order valence-electron chi connectivity index (χ2n) is 4.45. The summed E-state index contributed by atoms with van der Waals surface area (Å²) in [6.45, 7) is 0. The minimum atomic E-state index is -0.225. The highest BCUT2D eigenvalue weighted by Crippen LogP contribution is 2.21. The number of fused-ring (bicyclic) bond motifs is 1. The van der Waals surface area contributed by atoms with Crippen molar-refractivity contribution in [3.63, 3.8) is 0 Å². The number of benzene rings is 2. The highest BCUT2D eigenvalue weighted by molar-refractivity contribution is 9.10. The summed E-state index contributed by atoms with van der Waals surface area (Å²) in [5.74, 6) is -0.225. The van der Waals surface area contributed by atoms with E-state index in [4.69, 9.17) is 5.73 Å². The summed E-state index contributed by atoms with van der Waals surface area (Å²) >= 11 is 3.30. The van der Waals surface area contributed by atoms with E-state index in [1.165, 1.54) is 0 Å². The number of carbonyl (C=O) groups excluding carboxylic acids is 1. The van der Waals surface area contributed by atoms with Gasteiger partial charge in [-0.2, -0.15) is 0 Å². The summed E-state index contributed by atoms with van der Waals surface area (Å²) in [5.41, 5.74) is 8.97. The van der Waals surface area contributed by atoms with Crippen LogP contribution in [-0.2, 0) is 0 Å². The second-order valence-corrected chi connectivity index (χ2v) is 5.30. The van der Waals surface area contributed by atoms with E-state index in [1.54, 1.807) is 42.7 Å². The molecule has 1 heterocycles. The summed E-state index contributed by atoms with van der Waals surface area (Å²) in [4.78, 5) is 20.6. The van der Waals surface area contributed by atoms with Crippen LogP contribution in [0.1, 0.15) is 10.4 Å². The summed E-state index contributed by atoms with van der Waals surface area (Å²) < 4.78 is 0.764. The molecule has 0 fully saturated rings. The first-order chi connectivity index (χ1) is 10.1. The minimum Gasteiger partial charge on any atom is -0.398 e. The van der Waals surface area contributed by atoms with Crippen LogP contribution in [0.3, 0.4) is 0 Å². The van der Waals surface area contributed by atoms with E-state index in [-0.39, 0.29) is 5.91 Å². The Morgan fingerprint density at radius 1 is 1.05 bits per heavy atom. The fraction of sp³-hybridized carbons (Fsp3) is 0. The minimum absolute atomic E-state index is 0.225. The van der Waals surface area contributed by atoms with Crippen molar-refractivity contribution in [3.05, 3.63) is 58.8 Å². The van der Waals surface area contributed by atoms with Gasteiger partial charge in [0.25, 0.3) is 5.91 Å². The maximum Gasteiger partial charge on any atom is 0.255 e. The van der Waals surface area contributed by atoms with Gasteiger partial charge in [0.2, 0.25) is 0 Å². The lowest BCUT2D eigenvalue weighted by Gasteiger charge is -2.07. The zero-order valence-electron chi connectivity index (χ0n) is 10.9. The van der Waals surface area contributed by atoms with Gasteiger partial charge in [0.05, 0.1) is 11.0 Å². The van der Waals surface area contributed by atoms with Gasteiger partial charge in [0, 0.05) is 33.8 Å². The monoisotopic (exact) mass is 342 g/mol. The van der Waals surface area contributed by atoms with Crippen LogP contribution in [0.4, 0.5) is 11.4 Å². The van der Waals surface area contributed by atoms with Gasteiger partial charge >= 0.3 is 0 Å². The average Bonchev–Trinajstić information content (AvgIpc) is 2.50. The normalized spacial score (nSPS) is 10.5. The SMILES string of the molecule is Nc1cc(C(=O)Nc2ccc3nccnc3c2)ccc1Br. The number of nitrogens with one attached hydrogen (secondary N) is 1. The number of nitrogens with two attached hydrogens (primary N) is 1. The highest BCUT2D eigenvalue weighted by Gasteiger charge is 2.08. The number of hydrogen-bond donors (Lipinski definition) is 2. The highest BCUT2D eigenvalue weighted by atomic mass is 79.9. The molecule has 0 aliphatic carbocycles. The van der Waals surface area contributed by atoms with Crippen molar-refractivity contribution >= 4 is 44.2 Å². The maximum atomic E-state index is 12.2. The Hall–Kier alpha value is -2.47. The number of halogens is 1. The zero-order chi connectivity index (χ0) is 14.8. The first kappa shape index (κ1) is 13.5. The molecule has 1 amide bonds. The molecule has 3 N–H and O–H groups in total. The van der Waals surface area contributed by atoms with E-state index in [1.807, 2.05) is 6.07 Å². The number of carbonyl (C=O) groups is 1. The number of rotatable bonds is 2. The van der Waals surface area contributed by atoms with Gasteiger partial charge < -0.3 is 11.1 Å². The Morgan fingerprint density at radius 2 is 1.81 bits per heavy atom. The zero-order valence-corrected chi connectivity index (χ0v) is 12.5. The predicted molar refractivity (Wildman–Crippen MR) is 86.0 cm³/mol. The summed E-state index contributed by atoms with van der Waals surface area (Å²) in [6, 6.07) is 10.5. The third-order valence-corrected chi connectivity index (χ3v) is 3.71. The molecule has 0 radical (unpaired) electrons. The first-order valence-electron chi connectivity index (χ1n) is 6.20.